The molecule has 0 bridgehead atoms. The molecule has 3 N–H and O–H groups in total. The van der Waals surface area contributed by atoms with Crippen molar-refractivity contribution in [2.45, 2.75) is 44.9 Å². The standard InChI is InChI=1S/C10H20N2O3/c1-9(2,3)15-8(13)12-7-5-11-6-10(7,4)14/h7,11,14H,5-6H2,1-4H3,(H,12,13)/t7-,10-/m0/s1. The first-order valence-corrected chi connectivity index (χ1v) is 5.13. The maximum Gasteiger partial charge on any atom is 0.408 e. The fourth-order valence-electron chi connectivity index (χ4n) is 1.47. The number of rotatable bonds is 1. The largest absolute Gasteiger partial charge is 0.444 e. The molecule has 1 heterocycles. The molecule has 1 aliphatic rings. The van der Waals surface area contributed by atoms with Gasteiger partial charge in [0.1, 0.15) is 5.60 Å². The summed E-state index contributed by atoms with van der Waals surface area (Å²) >= 11 is 0. The van der Waals surface area contributed by atoms with Crippen molar-refractivity contribution in [2.24, 2.45) is 0 Å². The molecule has 0 aromatic heterocycles. The highest BCUT2D eigenvalue weighted by molar-refractivity contribution is 5.68. The monoisotopic (exact) mass is 216 g/mol. The fourth-order valence-corrected chi connectivity index (χ4v) is 1.47. The van der Waals surface area contributed by atoms with Crippen LogP contribution in [0.4, 0.5) is 4.79 Å². The molecule has 1 amide bonds. The van der Waals surface area contributed by atoms with Crippen molar-refractivity contribution >= 4 is 6.09 Å². The van der Waals surface area contributed by atoms with Crippen LogP contribution in [0.1, 0.15) is 27.7 Å². The molecule has 1 saturated heterocycles. The number of amides is 1. The molecule has 88 valence electrons. The number of ether oxygens (including phenoxy) is 1. The maximum absolute atomic E-state index is 11.4. The Morgan fingerprint density at radius 3 is 2.60 bits per heavy atom. The van der Waals surface area contributed by atoms with Gasteiger partial charge < -0.3 is 20.5 Å². The molecule has 2 atom stereocenters. The van der Waals surface area contributed by atoms with Gasteiger partial charge in [0.05, 0.1) is 11.6 Å². The summed E-state index contributed by atoms with van der Waals surface area (Å²) in [7, 11) is 0. The third-order valence-electron chi connectivity index (χ3n) is 2.27. The lowest BCUT2D eigenvalue weighted by Gasteiger charge is -2.27. The van der Waals surface area contributed by atoms with E-state index in [0.717, 1.165) is 0 Å². The van der Waals surface area contributed by atoms with Gasteiger partial charge in [-0.2, -0.15) is 0 Å². The van der Waals surface area contributed by atoms with Crippen molar-refractivity contribution in [3.8, 4) is 0 Å². The molecule has 5 nitrogen and oxygen atoms in total. The summed E-state index contributed by atoms with van der Waals surface area (Å²) in [6.07, 6.45) is -0.489. The molecular weight excluding hydrogens is 196 g/mol. The maximum atomic E-state index is 11.4. The highest BCUT2D eigenvalue weighted by Gasteiger charge is 2.38. The number of alkyl carbamates (subject to hydrolysis) is 1. The van der Waals surface area contributed by atoms with Gasteiger partial charge in [0, 0.05) is 13.1 Å². The van der Waals surface area contributed by atoms with Crippen LogP contribution in [-0.4, -0.2) is 41.5 Å². The summed E-state index contributed by atoms with van der Waals surface area (Å²) in [6.45, 7) is 8.14. The summed E-state index contributed by atoms with van der Waals surface area (Å²) in [5.74, 6) is 0. The number of β-amino-alcohol motifs (C(OH)–C–C–N with tert-alkyl or cyclic N) is 1. The highest BCUT2D eigenvalue weighted by Crippen LogP contribution is 2.15. The lowest BCUT2D eigenvalue weighted by atomic mass is 10.0. The van der Waals surface area contributed by atoms with Gasteiger partial charge in [-0.3, -0.25) is 0 Å². The number of aliphatic hydroxyl groups is 1. The van der Waals surface area contributed by atoms with Crippen molar-refractivity contribution < 1.29 is 14.6 Å². The van der Waals surface area contributed by atoms with Gasteiger partial charge in [-0.1, -0.05) is 0 Å². The van der Waals surface area contributed by atoms with Crippen LogP contribution in [0.3, 0.4) is 0 Å². The van der Waals surface area contributed by atoms with Crippen molar-refractivity contribution in [1.29, 1.82) is 0 Å². The molecule has 15 heavy (non-hydrogen) atoms. The number of nitrogens with one attached hydrogen (secondary N) is 2. The molecule has 1 rings (SSSR count). The molecule has 0 aromatic rings. The Balaban J connectivity index is 2.45. The number of carbonyl (C=O) groups is 1. The zero-order valence-corrected chi connectivity index (χ0v) is 9.76. The first-order chi connectivity index (χ1) is 6.71. The minimum atomic E-state index is -0.906. The van der Waals surface area contributed by atoms with Crippen LogP contribution in [0, 0.1) is 0 Å². The van der Waals surface area contributed by atoms with Crippen LogP contribution in [0.5, 0.6) is 0 Å². The quantitative estimate of drug-likeness (QED) is 0.587. The normalized spacial score (nSPS) is 31.4. The van der Waals surface area contributed by atoms with Gasteiger partial charge in [-0.25, -0.2) is 4.79 Å². The molecule has 1 aliphatic heterocycles. The average molecular weight is 216 g/mol. The second-order valence-electron chi connectivity index (χ2n) is 5.19. The first-order valence-electron chi connectivity index (χ1n) is 5.13. The molecule has 0 aliphatic carbocycles. The van der Waals surface area contributed by atoms with E-state index in [1.165, 1.54) is 0 Å². The van der Waals surface area contributed by atoms with Crippen LogP contribution >= 0.6 is 0 Å². The summed E-state index contributed by atoms with van der Waals surface area (Å²) in [5, 5.41) is 15.5. The van der Waals surface area contributed by atoms with Gasteiger partial charge in [-0.15, -0.1) is 0 Å². The van der Waals surface area contributed by atoms with Crippen molar-refractivity contribution in [1.82, 2.24) is 10.6 Å². The molecule has 0 saturated carbocycles. The molecule has 0 spiro atoms. The summed E-state index contributed by atoms with van der Waals surface area (Å²) in [5.41, 5.74) is -1.42. The Bertz CT molecular complexity index is 246. The fraction of sp³-hybridized carbons (Fsp3) is 0.900. The predicted molar refractivity (Wildman–Crippen MR) is 56.7 cm³/mol. The van der Waals surface area contributed by atoms with E-state index in [0.29, 0.717) is 13.1 Å². The van der Waals surface area contributed by atoms with E-state index in [2.05, 4.69) is 10.6 Å². The molecule has 0 radical (unpaired) electrons. The van der Waals surface area contributed by atoms with Crippen molar-refractivity contribution in [2.75, 3.05) is 13.1 Å². The molecule has 0 unspecified atom stereocenters. The van der Waals surface area contributed by atoms with Crippen molar-refractivity contribution in [3.05, 3.63) is 0 Å². The van der Waals surface area contributed by atoms with Gasteiger partial charge >= 0.3 is 6.09 Å². The minimum Gasteiger partial charge on any atom is -0.444 e. The predicted octanol–water partition coefficient (Wildman–Crippen LogP) is 0.234. The van der Waals surface area contributed by atoms with E-state index in [4.69, 9.17) is 4.74 Å². The summed E-state index contributed by atoms with van der Waals surface area (Å²) in [6, 6.07) is -0.299. The number of hydrogen-bond donors (Lipinski definition) is 3. The van der Waals surface area contributed by atoms with E-state index in [-0.39, 0.29) is 6.04 Å². The van der Waals surface area contributed by atoms with E-state index in [1.54, 1.807) is 27.7 Å². The van der Waals surface area contributed by atoms with E-state index in [1.807, 2.05) is 0 Å². The van der Waals surface area contributed by atoms with E-state index in [9.17, 15) is 9.90 Å². The summed E-state index contributed by atoms with van der Waals surface area (Å²) < 4.78 is 5.10. The number of hydrogen-bond acceptors (Lipinski definition) is 4. The van der Waals surface area contributed by atoms with Gasteiger partial charge in [0.15, 0.2) is 0 Å². The zero-order valence-electron chi connectivity index (χ0n) is 9.76. The Morgan fingerprint density at radius 2 is 2.20 bits per heavy atom. The van der Waals surface area contributed by atoms with Crippen molar-refractivity contribution in [3.63, 3.8) is 0 Å². The van der Waals surface area contributed by atoms with E-state index >= 15 is 0 Å². The third kappa shape index (κ3) is 3.68. The molecule has 0 aromatic carbocycles. The summed E-state index contributed by atoms with van der Waals surface area (Å²) in [4.78, 5) is 11.4. The minimum absolute atomic E-state index is 0.299. The lowest BCUT2D eigenvalue weighted by Crippen LogP contribution is -2.51. The smallest absolute Gasteiger partial charge is 0.408 e. The van der Waals surface area contributed by atoms with Gasteiger partial charge in [-0.05, 0) is 27.7 Å². The molecule has 1 fully saturated rings. The second-order valence-corrected chi connectivity index (χ2v) is 5.19. The van der Waals surface area contributed by atoms with Crippen LogP contribution < -0.4 is 10.6 Å². The lowest BCUT2D eigenvalue weighted by molar-refractivity contribution is 0.0269. The Hall–Kier alpha value is -0.810. The average Bonchev–Trinajstić information content (AvgIpc) is 2.26. The molecular formula is C10H20N2O3. The first kappa shape index (κ1) is 12.3. The Kier molecular flexibility index (Phi) is 3.25. The van der Waals surface area contributed by atoms with Gasteiger partial charge in [0.25, 0.3) is 0 Å². The number of carbonyl (C=O) groups excluding carboxylic acids is 1. The topological polar surface area (TPSA) is 70.6 Å². The second kappa shape index (κ2) is 3.98. The van der Waals surface area contributed by atoms with Crippen LogP contribution in [-0.2, 0) is 4.74 Å². The highest BCUT2D eigenvalue weighted by atomic mass is 16.6. The Morgan fingerprint density at radius 1 is 1.60 bits per heavy atom. The van der Waals surface area contributed by atoms with Crippen LogP contribution in [0.15, 0.2) is 0 Å². The van der Waals surface area contributed by atoms with E-state index < -0.39 is 17.3 Å². The SMILES string of the molecule is CC(C)(C)OC(=O)N[C@H]1CNC[C@]1(C)O. The molecule has 5 heteroatoms. The Labute approximate surface area is 90.2 Å². The zero-order chi connectivity index (χ0) is 11.7. The third-order valence-corrected chi connectivity index (χ3v) is 2.27. The van der Waals surface area contributed by atoms with Crippen LogP contribution in [0.2, 0.25) is 0 Å². The van der Waals surface area contributed by atoms with Crippen LogP contribution in [0.25, 0.3) is 0 Å². The van der Waals surface area contributed by atoms with Gasteiger partial charge in [0.2, 0.25) is 0 Å².